The van der Waals surface area contributed by atoms with E-state index in [2.05, 4.69) is 9.97 Å². The summed E-state index contributed by atoms with van der Waals surface area (Å²) < 4.78 is 27.3. The second-order valence-electron chi connectivity index (χ2n) is 7.00. The van der Waals surface area contributed by atoms with Gasteiger partial charge in [0.2, 0.25) is 5.75 Å². The van der Waals surface area contributed by atoms with E-state index in [9.17, 15) is 0 Å². The van der Waals surface area contributed by atoms with Gasteiger partial charge in [0, 0.05) is 5.56 Å². The molecule has 0 aliphatic carbocycles. The van der Waals surface area contributed by atoms with Gasteiger partial charge in [-0.05, 0) is 41.5 Å². The van der Waals surface area contributed by atoms with Gasteiger partial charge in [-0.1, -0.05) is 6.07 Å². The summed E-state index contributed by atoms with van der Waals surface area (Å²) in [5, 5.41) is 0.640. The number of ether oxygens (including phenoxy) is 5. The Labute approximate surface area is 191 Å². The number of anilines is 1. The monoisotopic (exact) mass is 448 g/mol. The predicted molar refractivity (Wildman–Crippen MR) is 125 cm³/mol. The first-order valence-corrected chi connectivity index (χ1v) is 9.98. The van der Waals surface area contributed by atoms with Crippen LogP contribution in [-0.4, -0.2) is 50.5 Å². The molecule has 2 N–H and O–H groups in total. The highest BCUT2D eigenvalue weighted by molar-refractivity contribution is 6.01. The Bertz CT molecular complexity index is 1300. The van der Waals surface area contributed by atoms with Crippen LogP contribution in [0.25, 0.3) is 33.4 Å². The topological polar surface area (TPSA) is 111 Å². The normalized spacial score (nSPS) is 10.7. The number of nitrogen functional groups attached to an aromatic ring is 1. The number of benzene rings is 2. The molecule has 0 bridgehead atoms. The van der Waals surface area contributed by atoms with E-state index in [0.29, 0.717) is 51.3 Å². The van der Waals surface area contributed by atoms with Crippen molar-refractivity contribution in [1.82, 2.24) is 15.0 Å². The van der Waals surface area contributed by atoms with E-state index in [4.69, 9.17) is 34.4 Å². The van der Waals surface area contributed by atoms with E-state index < -0.39 is 0 Å². The molecule has 0 radical (unpaired) electrons. The van der Waals surface area contributed by atoms with E-state index in [0.717, 1.165) is 16.7 Å². The maximum Gasteiger partial charge on any atom is 0.203 e. The molecule has 9 nitrogen and oxygen atoms in total. The van der Waals surface area contributed by atoms with Crippen LogP contribution in [0.4, 0.5) is 5.82 Å². The minimum Gasteiger partial charge on any atom is -0.493 e. The molecule has 0 fully saturated rings. The van der Waals surface area contributed by atoms with Crippen LogP contribution in [0.15, 0.2) is 42.7 Å². The summed E-state index contributed by atoms with van der Waals surface area (Å²) in [6.07, 6.45) is 1.39. The molecule has 9 heteroatoms. The van der Waals surface area contributed by atoms with Crippen molar-refractivity contribution in [3.8, 4) is 51.1 Å². The molecular formula is C24H24N4O5. The minimum atomic E-state index is 0.328. The summed E-state index contributed by atoms with van der Waals surface area (Å²) in [7, 11) is 7.87. The maximum absolute atomic E-state index is 6.24. The average Bonchev–Trinajstić information content (AvgIpc) is 2.86. The second-order valence-corrected chi connectivity index (χ2v) is 7.00. The molecule has 2 aromatic heterocycles. The molecule has 0 saturated carbocycles. The summed E-state index contributed by atoms with van der Waals surface area (Å²) in [6, 6.07) is 11.2. The summed E-state index contributed by atoms with van der Waals surface area (Å²) >= 11 is 0. The third-order valence-electron chi connectivity index (χ3n) is 5.29. The largest absolute Gasteiger partial charge is 0.493 e. The van der Waals surface area contributed by atoms with Crippen LogP contribution in [0.5, 0.6) is 28.7 Å². The van der Waals surface area contributed by atoms with Crippen LogP contribution in [-0.2, 0) is 0 Å². The van der Waals surface area contributed by atoms with Gasteiger partial charge < -0.3 is 29.4 Å². The quantitative estimate of drug-likeness (QED) is 0.449. The number of nitrogens with two attached hydrogens (primary N) is 1. The van der Waals surface area contributed by atoms with Crippen molar-refractivity contribution >= 4 is 16.9 Å². The molecular weight excluding hydrogens is 424 g/mol. The van der Waals surface area contributed by atoms with Gasteiger partial charge in [0.05, 0.1) is 46.6 Å². The molecule has 0 amide bonds. The predicted octanol–water partition coefficient (Wildman–Crippen LogP) is 3.98. The molecule has 0 atom stereocenters. The van der Waals surface area contributed by atoms with Crippen LogP contribution in [0.3, 0.4) is 0 Å². The van der Waals surface area contributed by atoms with Crippen LogP contribution >= 0.6 is 0 Å². The first kappa shape index (κ1) is 21.9. The number of hydrogen-bond acceptors (Lipinski definition) is 9. The van der Waals surface area contributed by atoms with E-state index in [1.165, 1.54) is 6.33 Å². The van der Waals surface area contributed by atoms with Crippen LogP contribution in [0, 0.1) is 0 Å². The fraction of sp³-hybridized carbons (Fsp3) is 0.208. The lowest BCUT2D eigenvalue weighted by molar-refractivity contribution is 0.324. The summed E-state index contributed by atoms with van der Waals surface area (Å²) in [5.74, 6) is 3.07. The molecule has 0 aliphatic heterocycles. The summed E-state index contributed by atoms with van der Waals surface area (Å²) in [4.78, 5) is 13.3. The Hall–Kier alpha value is -4.27. The zero-order valence-electron chi connectivity index (χ0n) is 19.0. The molecule has 4 rings (SSSR count). The molecule has 2 heterocycles. The van der Waals surface area contributed by atoms with Crippen molar-refractivity contribution in [2.24, 2.45) is 0 Å². The lowest BCUT2D eigenvalue weighted by Gasteiger charge is -2.16. The number of hydrogen-bond donors (Lipinski definition) is 1. The smallest absolute Gasteiger partial charge is 0.203 e. The molecule has 0 saturated heterocycles. The molecule has 0 aliphatic rings. The van der Waals surface area contributed by atoms with Crippen molar-refractivity contribution in [2.75, 3.05) is 41.3 Å². The first-order chi connectivity index (χ1) is 16.0. The fourth-order valence-electron chi connectivity index (χ4n) is 3.70. The van der Waals surface area contributed by atoms with Gasteiger partial charge in [0.15, 0.2) is 28.6 Å². The first-order valence-electron chi connectivity index (χ1n) is 9.98. The van der Waals surface area contributed by atoms with Gasteiger partial charge in [-0.2, -0.15) is 0 Å². The molecule has 2 aromatic carbocycles. The molecule has 0 spiro atoms. The van der Waals surface area contributed by atoms with Crippen molar-refractivity contribution < 1.29 is 23.7 Å². The van der Waals surface area contributed by atoms with Crippen molar-refractivity contribution in [2.45, 2.75) is 0 Å². The highest BCUT2D eigenvalue weighted by Crippen LogP contribution is 2.43. The standard InChI is InChI=1S/C24H24N4O5/c1-29-17-7-6-13(8-18(17)30-2)15-11-16(28-24-21(15)23(25)26-12-27-24)14-9-19(31-3)22(33-5)20(10-14)32-4/h6-12H,1-5H3,(H2,25,26,27,28). The van der Waals surface area contributed by atoms with Crippen molar-refractivity contribution in [3.63, 3.8) is 0 Å². The zero-order chi connectivity index (χ0) is 23.5. The highest BCUT2D eigenvalue weighted by atomic mass is 16.5. The number of aromatic nitrogens is 3. The van der Waals surface area contributed by atoms with E-state index >= 15 is 0 Å². The van der Waals surface area contributed by atoms with Gasteiger partial charge in [-0.25, -0.2) is 15.0 Å². The van der Waals surface area contributed by atoms with E-state index in [1.54, 1.807) is 35.5 Å². The third kappa shape index (κ3) is 3.89. The summed E-state index contributed by atoms with van der Waals surface area (Å²) in [5.41, 5.74) is 9.73. The van der Waals surface area contributed by atoms with Crippen LogP contribution in [0.1, 0.15) is 0 Å². The third-order valence-corrected chi connectivity index (χ3v) is 5.29. The van der Waals surface area contributed by atoms with Gasteiger partial charge >= 0.3 is 0 Å². The minimum absolute atomic E-state index is 0.328. The SMILES string of the molecule is COc1ccc(-c2cc(-c3cc(OC)c(OC)c(OC)c3)nc3ncnc(N)c23)cc1OC. The maximum atomic E-state index is 6.24. The number of pyridine rings is 1. The Morgan fingerprint density at radius 3 is 1.91 bits per heavy atom. The van der Waals surface area contributed by atoms with Crippen molar-refractivity contribution in [1.29, 1.82) is 0 Å². The average molecular weight is 448 g/mol. The lowest BCUT2D eigenvalue weighted by atomic mass is 9.99. The molecule has 0 unspecified atom stereocenters. The Morgan fingerprint density at radius 1 is 0.667 bits per heavy atom. The number of methoxy groups -OCH3 is 5. The van der Waals surface area contributed by atoms with E-state index in [-0.39, 0.29) is 0 Å². The van der Waals surface area contributed by atoms with Crippen molar-refractivity contribution in [3.05, 3.63) is 42.7 Å². The van der Waals surface area contributed by atoms with E-state index in [1.807, 2.05) is 36.4 Å². The number of rotatable bonds is 7. The molecule has 170 valence electrons. The molecule has 4 aromatic rings. The Kier molecular flexibility index (Phi) is 6.03. The van der Waals surface area contributed by atoms with Gasteiger partial charge in [-0.3, -0.25) is 0 Å². The number of nitrogens with zero attached hydrogens (tertiary/aromatic N) is 3. The fourth-order valence-corrected chi connectivity index (χ4v) is 3.70. The molecule has 33 heavy (non-hydrogen) atoms. The van der Waals surface area contributed by atoms with Crippen LogP contribution < -0.4 is 29.4 Å². The number of fused-ring (bicyclic) bond motifs is 1. The summed E-state index contributed by atoms with van der Waals surface area (Å²) in [6.45, 7) is 0. The van der Waals surface area contributed by atoms with Crippen LogP contribution in [0.2, 0.25) is 0 Å². The van der Waals surface area contributed by atoms with Gasteiger partial charge in [0.25, 0.3) is 0 Å². The lowest BCUT2D eigenvalue weighted by Crippen LogP contribution is -2.00. The highest BCUT2D eigenvalue weighted by Gasteiger charge is 2.19. The van der Waals surface area contributed by atoms with Gasteiger partial charge in [-0.15, -0.1) is 0 Å². The second kappa shape index (κ2) is 9.07. The Morgan fingerprint density at radius 2 is 1.30 bits per heavy atom. The zero-order valence-corrected chi connectivity index (χ0v) is 19.0. The Balaban J connectivity index is 2.01. The van der Waals surface area contributed by atoms with Gasteiger partial charge in [0.1, 0.15) is 12.1 Å².